The second-order valence-electron chi connectivity index (χ2n) is 6.43. The lowest BCUT2D eigenvalue weighted by atomic mass is 10.2. The molecule has 9 nitrogen and oxygen atoms in total. The molecule has 1 saturated heterocycles. The Morgan fingerprint density at radius 2 is 1.70 bits per heavy atom. The fraction of sp³-hybridized carbons (Fsp3) is 0.250. The maximum Gasteiger partial charge on any atom is 0.259 e. The van der Waals surface area contributed by atoms with Gasteiger partial charge in [-0.3, -0.25) is 9.59 Å². The van der Waals surface area contributed by atoms with E-state index in [1.807, 2.05) is 30.3 Å². The van der Waals surface area contributed by atoms with Crippen LogP contribution in [0.2, 0.25) is 0 Å². The average Bonchev–Trinajstić information content (AvgIpc) is 2.79. The minimum atomic E-state index is -3.62. The molecule has 1 aliphatic heterocycles. The smallest absolute Gasteiger partial charge is 0.259 e. The molecule has 2 amide bonds. The van der Waals surface area contributed by atoms with E-state index in [-0.39, 0.29) is 17.0 Å². The van der Waals surface area contributed by atoms with Crippen LogP contribution in [0.25, 0.3) is 0 Å². The van der Waals surface area contributed by atoms with Gasteiger partial charge < -0.3 is 10.1 Å². The van der Waals surface area contributed by atoms with Gasteiger partial charge in [0.2, 0.25) is 10.0 Å². The van der Waals surface area contributed by atoms with Crippen LogP contribution in [0.15, 0.2) is 64.6 Å². The van der Waals surface area contributed by atoms with Crippen molar-refractivity contribution >= 4 is 28.1 Å². The molecule has 0 aromatic heterocycles. The monoisotopic (exact) mass is 430 g/mol. The number of carbonyl (C=O) groups excluding carboxylic acids is 2. The third kappa shape index (κ3) is 5.72. The highest BCUT2D eigenvalue weighted by molar-refractivity contribution is 7.89. The molecule has 2 aromatic rings. The molecule has 0 spiro atoms. The maximum absolute atomic E-state index is 12.6. The van der Waals surface area contributed by atoms with Gasteiger partial charge in [0, 0.05) is 18.7 Å². The molecule has 0 unspecified atom stereocenters. The van der Waals surface area contributed by atoms with E-state index in [1.54, 1.807) is 0 Å². The zero-order chi connectivity index (χ0) is 21.4. The topological polar surface area (TPSA) is 117 Å². The van der Waals surface area contributed by atoms with Crippen LogP contribution >= 0.6 is 0 Å². The van der Waals surface area contributed by atoms with Gasteiger partial charge in [0.05, 0.1) is 30.9 Å². The second-order valence-corrected chi connectivity index (χ2v) is 8.37. The fourth-order valence-corrected chi connectivity index (χ4v) is 4.14. The van der Waals surface area contributed by atoms with Crippen molar-refractivity contribution in [3.63, 3.8) is 0 Å². The van der Waals surface area contributed by atoms with E-state index in [0.717, 1.165) is 5.56 Å². The Balaban J connectivity index is 1.50. The van der Waals surface area contributed by atoms with Gasteiger partial charge >= 0.3 is 0 Å². The maximum atomic E-state index is 12.6. The molecule has 0 bridgehead atoms. The van der Waals surface area contributed by atoms with Crippen LogP contribution in [0.4, 0.5) is 0 Å². The molecule has 3 rings (SSSR count). The Morgan fingerprint density at radius 3 is 2.37 bits per heavy atom. The number of amides is 2. The minimum absolute atomic E-state index is 0.106. The highest BCUT2D eigenvalue weighted by Gasteiger charge is 2.26. The molecule has 0 aliphatic carbocycles. The predicted molar refractivity (Wildman–Crippen MR) is 111 cm³/mol. The van der Waals surface area contributed by atoms with Crippen molar-refractivity contribution in [2.45, 2.75) is 4.90 Å². The molecule has 0 saturated carbocycles. The Morgan fingerprint density at radius 1 is 1.03 bits per heavy atom. The highest BCUT2D eigenvalue weighted by Crippen LogP contribution is 2.17. The lowest BCUT2D eigenvalue weighted by molar-refractivity contribution is -0.120. The largest absolute Gasteiger partial charge is 0.379 e. The van der Waals surface area contributed by atoms with Gasteiger partial charge in [-0.2, -0.15) is 9.41 Å². The van der Waals surface area contributed by atoms with Crippen molar-refractivity contribution in [3.05, 3.63) is 65.7 Å². The average molecular weight is 430 g/mol. The number of sulfonamides is 1. The number of hydrogen-bond donors (Lipinski definition) is 2. The first-order valence-corrected chi connectivity index (χ1v) is 10.7. The number of benzene rings is 2. The van der Waals surface area contributed by atoms with E-state index >= 15 is 0 Å². The van der Waals surface area contributed by atoms with E-state index in [0.29, 0.717) is 26.3 Å². The van der Waals surface area contributed by atoms with E-state index in [9.17, 15) is 18.0 Å². The summed E-state index contributed by atoms with van der Waals surface area (Å²) in [5.41, 5.74) is 3.40. The summed E-state index contributed by atoms with van der Waals surface area (Å²) in [5.74, 6) is -0.977. The van der Waals surface area contributed by atoms with Crippen molar-refractivity contribution in [1.82, 2.24) is 15.0 Å². The van der Waals surface area contributed by atoms with Crippen LogP contribution in [-0.4, -0.2) is 63.6 Å². The summed E-state index contributed by atoms with van der Waals surface area (Å²) in [6.07, 6.45) is 1.49. The number of rotatable bonds is 7. The van der Waals surface area contributed by atoms with Gasteiger partial charge in [-0.15, -0.1) is 0 Å². The molecular formula is C20H22N4O5S. The summed E-state index contributed by atoms with van der Waals surface area (Å²) in [6.45, 7) is 1.05. The van der Waals surface area contributed by atoms with Crippen molar-refractivity contribution in [2.75, 3.05) is 32.8 Å². The molecule has 10 heteroatoms. The summed E-state index contributed by atoms with van der Waals surface area (Å²) >= 11 is 0. The van der Waals surface area contributed by atoms with Crippen LogP contribution in [0.1, 0.15) is 15.9 Å². The quantitative estimate of drug-likeness (QED) is 0.492. The molecule has 1 heterocycles. The molecule has 2 aromatic carbocycles. The first-order valence-electron chi connectivity index (χ1n) is 9.30. The molecule has 158 valence electrons. The fourth-order valence-electron chi connectivity index (χ4n) is 2.73. The number of morpholine rings is 1. The first kappa shape index (κ1) is 21.6. The summed E-state index contributed by atoms with van der Waals surface area (Å²) in [6, 6.07) is 14.8. The van der Waals surface area contributed by atoms with Crippen molar-refractivity contribution < 1.29 is 22.7 Å². The number of carbonyl (C=O) groups is 2. The third-order valence-electron chi connectivity index (χ3n) is 4.34. The van der Waals surface area contributed by atoms with Crippen LogP contribution < -0.4 is 10.7 Å². The van der Waals surface area contributed by atoms with Gasteiger partial charge in [-0.05, 0) is 29.8 Å². The standard InChI is InChI=1S/C20H22N4O5S/c25-19(23-22-14-16-4-2-1-3-5-16)15-21-20(26)17-6-8-18(9-7-17)30(27,28)24-10-12-29-13-11-24/h1-9,14H,10-13,15H2,(H,21,26)(H,23,25)/b22-14+. The van der Waals surface area contributed by atoms with Crippen LogP contribution in [-0.2, 0) is 19.6 Å². The van der Waals surface area contributed by atoms with E-state index in [1.165, 1.54) is 34.8 Å². The summed E-state index contributed by atoms with van der Waals surface area (Å²) in [7, 11) is -3.62. The third-order valence-corrected chi connectivity index (χ3v) is 6.25. The Bertz CT molecular complexity index is 1000. The molecule has 0 atom stereocenters. The molecule has 0 radical (unpaired) electrons. The zero-order valence-electron chi connectivity index (χ0n) is 16.2. The molecule has 1 fully saturated rings. The van der Waals surface area contributed by atoms with E-state index in [2.05, 4.69) is 15.8 Å². The summed E-state index contributed by atoms with van der Waals surface area (Å²) in [4.78, 5) is 24.1. The number of ether oxygens (including phenoxy) is 1. The van der Waals surface area contributed by atoms with E-state index in [4.69, 9.17) is 4.74 Å². The Kier molecular flexibility index (Phi) is 7.28. The van der Waals surface area contributed by atoms with Crippen molar-refractivity contribution in [3.8, 4) is 0 Å². The lowest BCUT2D eigenvalue weighted by Crippen LogP contribution is -2.40. The summed E-state index contributed by atoms with van der Waals surface area (Å²) in [5, 5.41) is 6.29. The Labute approximate surface area is 174 Å². The molecule has 1 aliphatic rings. The number of nitrogens with zero attached hydrogens (tertiary/aromatic N) is 2. The van der Waals surface area contributed by atoms with Crippen molar-refractivity contribution in [1.29, 1.82) is 0 Å². The molecular weight excluding hydrogens is 408 g/mol. The highest BCUT2D eigenvalue weighted by atomic mass is 32.2. The number of nitrogens with one attached hydrogen (secondary N) is 2. The minimum Gasteiger partial charge on any atom is -0.379 e. The van der Waals surface area contributed by atoms with Gasteiger partial charge in [0.15, 0.2) is 0 Å². The number of hydrogen-bond acceptors (Lipinski definition) is 6. The van der Waals surface area contributed by atoms with Crippen LogP contribution in [0, 0.1) is 0 Å². The van der Waals surface area contributed by atoms with Gasteiger partial charge in [0.1, 0.15) is 0 Å². The van der Waals surface area contributed by atoms with Crippen LogP contribution in [0.3, 0.4) is 0 Å². The normalized spacial score (nSPS) is 15.1. The van der Waals surface area contributed by atoms with Gasteiger partial charge in [-0.1, -0.05) is 30.3 Å². The predicted octanol–water partition coefficient (Wildman–Crippen LogP) is 0.588. The lowest BCUT2D eigenvalue weighted by Gasteiger charge is -2.26. The van der Waals surface area contributed by atoms with E-state index < -0.39 is 21.8 Å². The summed E-state index contributed by atoms with van der Waals surface area (Å²) < 4.78 is 31.7. The second kappa shape index (κ2) is 10.1. The Hall–Kier alpha value is -3.08. The van der Waals surface area contributed by atoms with Gasteiger partial charge in [0.25, 0.3) is 11.8 Å². The number of hydrazone groups is 1. The molecule has 30 heavy (non-hydrogen) atoms. The molecule has 2 N–H and O–H groups in total. The van der Waals surface area contributed by atoms with Crippen molar-refractivity contribution in [2.24, 2.45) is 5.10 Å². The van der Waals surface area contributed by atoms with Crippen LogP contribution in [0.5, 0.6) is 0 Å². The SMILES string of the molecule is O=C(CNC(=O)c1ccc(S(=O)(=O)N2CCOCC2)cc1)N/N=C/c1ccccc1. The van der Waals surface area contributed by atoms with Gasteiger partial charge in [-0.25, -0.2) is 13.8 Å². The first-order chi connectivity index (χ1) is 14.5. The zero-order valence-corrected chi connectivity index (χ0v) is 17.0.